The van der Waals surface area contributed by atoms with Crippen LogP contribution in [0.1, 0.15) is 18.4 Å². The van der Waals surface area contributed by atoms with Crippen molar-refractivity contribution in [1.29, 1.82) is 5.26 Å². The molecule has 2 heterocycles. The number of nitriles is 1. The van der Waals surface area contributed by atoms with Crippen molar-refractivity contribution >= 4 is 26.4 Å². The van der Waals surface area contributed by atoms with Crippen LogP contribution in [0, 0.1) is 23.1 Å². The van der Waals surface area contributed by atoms with E-state index in [1.165, 1.54) is 36.5 Å². The Bertz CT molecular complexity index is 1260. The number of rotatable bonds is 5. The number of piperidine rings is 1. The summed E-state index contributed by atoms with van der Waals surface area (Å²) in [5.41, 5.74) is 1.24. The molecule has 0 bridgehead atoms. The minimum Gasteiger partial charge on any atom is -0.384 e. The maximum absolute atomic E-state index is 14.1. The highest BCUT2D eigenvalue weighted by Gasteiger charge is 2.29. The maximum atomic E-state index is 14.1. The van der Waals surface area contributed by atoms with Crippen LogP contribution in [0.25, 0.3) is 10.9 Å². The van der Waals surface area contributed by atoms with Crippen LogP contribution in [0.4, 0.5) is 10.1 Å². The largest absolute Gasteiger partial charge is 0.384 e. The normalized spacial score (nSPS) is 15.2. The molecule has 1 aliphatic heterocycles. The maximum Gasteiger partial charge on any atom is 0.210 e. The van der Waals surface area contributed by atoms with Gasteiger partial charge in [-0.05, 0) is 55.2 Å². The van der Waals surface area contributed by atoms with Gasteiger partial charge in [0.05, 0.1) is 27.7 Å². The molecule has 1 aliphatic rings. The van der Waals surface area contributed by atoms with Gasteiger partial charge in [-0.3, -0.25) is 4.98 Å². The molecule has 3 aromatic rings. The lowest BCUT2D eigenvalue weighted by atomic mass is 9.97. The molecule has 0 unspecified atom stereocenters. The van der Waals surface area contributed by atoms with E-state index in [0.29, 0.717) is 42.2 Å². The van der Waals surface area contributed by atoms with E-state index in [4.69, 9.17) is 4.74 Å². The van der Waals surface area contributed by atoms with Crippen molar-refractivity contribution in [2.24, 2.45) is 5.92 Å². The molecule has 1 fully saturated rings. The van der Waals surface area contributed by atoms with Gasteiger partial charge in [0.1, 0.15) is 10.7 Å². The molecule has 0 radical (unpaired) electrons. The number of benzene rings is 2. The summed E-state index contributed by atoms with van der Waals surface area (Å²) >= 11 is 0. The van der Waals surface area contributed by atoms with Crippen molar-refractivity contribution in [3.63, 3.8) is 0 Å². The molecule has 6 nitrogen and oxygen atoms in total. The monoisotopic (exact) mass is 439 g/mol. The van der Waals surface area contributed by atoms with Gasteiger partial charge >= 0.3 is 0 Å². The van der Waals surface area contributed by atoms with E-state index in [0.717, 1.165) is 12.8 Å². The number of anilines is 1. The topological polar surface area (TPSA) is 83.3 Å². The highest BCUT2D eigenvalue weighted by Crippen LogP contribution is 2.38. The van der Waals surface area contributed by atoms with Crippen LogP contribution in [0.3, 0.4) is 0 Å². The fourth-order valence-electron chi connectivity index (χ4n) is 4.07. The van der Waals surface area contributed by atoms with Gasteiger partial charge in [0.2, 0.25) is 9.84 Å². The molecule has 0 N–H and O–H groups in total. The molecule has 8 heteroatoms. The predicted molar refractivity (Wildman–Crippen MR) is 115 cm³/mol. The summed E-state index contributed by atoms with van der Waals surface area (Å²) in [7, 11) is -2.31. The van der Waals surface area contributed by atoms with Crippen LogP contribution >= 0.6 is 0 Å². The van der Waals surface area contributed by atoms with Crippen LogP contribution < -0.4 is 4.90 Å². The zero-order chi connectivity index (χ0) is 22.0. The van der Waals surface area contributed by atoms with Gasteiger partial charge in [-0.1, -0.05) is 6.07 Å². The summed E-state index contributed by atoms with van der Waals surface area (Å²) in [5.74, 6) is -0.0516. The van der Waals surface area contributed by atoms with Crippen LogP contribution in [-0.2, 0) is 14.6 Å². The lowest BCUT2D eigenvalue weighted by Crippen LogP contribution is -2.36. The second kappa shape index (κ2) is 8.61. The van der Waals surface area contributed by atoms with E-state index in [1.807, 2.05) is 11.0 Å². The van der Waals surface area contributed by atoms with E-state index >= 15 is 0 Å². The SMILES string of the molecule is COCC1CCN(c2c(S(=O)(=O)c3cccc(C#N)c3)cnc3ccc(F)cc23)CC1. The summed E-state index contributed by atoms with van der Waals surface area (Å²) in [6.45, 7) is 1.92. The number of aromatic nitrogens is 1. The van der Waals surface area contributed by atoms with Gasteiger partial charge in [0, 0.05) is 38.4 Å². The Labute approximate surface area is 180 Å². The summed E-state index contributed by atoms with van der Waals surface area (Å²) < 4.78 is 46.6. The van der Waals surface area contributed by atoms with Crippen LogP contribution in [0.2, 0.25) is 0 Å². The third kappa shape index (κ3) is 4.11. The zero-order valence-electron chi connectivity index (χ0n) is 17.1. The number of halogens is 1. The molecular formula is C23H22FN3O3S. The number of hydrogen-bond acceptors (Lipinski definition) is 6. The first-order valence-electron chi connectivity index (χ1n) is 10.0. The lowest BCUT2D eigenvalue weighted by molar-refractivity contribution is 0.139. The van der Waals surface area contributed by atoms with E-state index in [9.17, 15) is 18.1 Å². The molecule has 4 rings (SSSR count). The summed E-state index contributed by atoms with van der Waals surface area (Å²) in [6.07, 6.45) is 3.03. The quantitative estimate of drug-likeness (QED) is 0.599. The third-order valence-corrected chi connectivity index (χ3v) is 7.42. The standard InChI is InChI=1S/C23H22FN3O3S/c1-30-15-16-7-9-27(10-8-16)23-20-12-18(24)5-6-21(20)26-14-22(23)31(28,29)19-4-2-3-17(11-19)13-25/h2-6,11-12,14,16H,7-10,15H2,1H3. The van der Waals surface area contributed by atoms with Crippen LogP contribution in [0.15, 0.2) is 58.5 Å². The number of pyridine rings is 1. The molecule has 1 aromatic heterocycles. The summed E-state index contributed by atoms with van der Waals surface area (Å²) in [5, 5.41) is 9.64. The van der Waals surface area contributed by atoms with E-state index in [2.05, 4.69) is 4.98 Å². The number of ether oxygens (including phenoxy) is 1. The van der Waals surface area contributed by atoms with Gasteiger partial charge in [-0.25, -0.2) is 12.8 Å². The molecule has 2 aromatic carbocycles. The molecule has 0 aliphatic carbocycles. The summed E-state index contributed by atoms with van der Waals surface area (Å²) in [4.78, 5) is 6.33. The van der Waals surface area contributed by atoms with Crippen molar-refractivity contribution < 1.29 is 17.5 Å². The Morgan fingerprint density at radius 1 is 1.23 bits per heavy atom. The van der Waals surface area contributed by atoms with E-state index in [1.54, 1.807) is 19.2 Å². The minimum absolute atomic E-state index is 0.0135. The molecule has 0 spiro atoms. The smallest absolute Gasteiger partial charge is 0.210 e. The molecule has 31 heavy (non-hydrogen) atoms. The van der Waals surface area contributed by atoms with Gasteiger partial charge in [0.25, 0.3) is 0 Å². The number of fused-ring (bicyclic) bond motifs is 1. The van der Waals surface area contributed by atoms with E-state index in [-0.39, 0.29) is 15.4 Å². The fourth-order valence-corrected chi connectivity index (χ4v) is 5.55. The van der Waals surface area contributed by atoms with Gasteiger partial charge in [-0.15, -0.1) is 0 Å². The Kier molecular flexibility index (Phi) is 5.90. The number of sulfone groups is 1. The number of nitrogens with zero attached hydrogens (tertiary/aromatic N) is 3. The van der Waals surface area contributed by atoms with Crippen molar-refractivity contribution in [1.82, 2.24) is 4.98 Å². The first-order chi connectivity index (χ1) is 14.9. The van der Waals surface area contributed by atoms with E-state index < -0.39 is 15.7 Å². The van der Waals surface area contributed by atoms with Crippen LogP contribution in [-0.4, -0.2) is 40.2 Å². The van der Waals surface area contributed by atoms with Gasteiger partial charge in [0.15, 0.2) is 0 Å². The molecule has 160 valence electrons. The molecule has 0 amide bonds. The Hall–Kier alpha value is -3.02. The minimum atomic E-state index is -3.98. The molecule has 1 saturated heterocycles. The van der Waals surface area contributed by atoms with Crippen molar-refractivity contribution in [3.8, 4) is 6.07 Å². The molecule has 0 atom stereocenters. The highest BCUT2D eigenvalue weighted by molar-refractivity contribution is 7.91. The first-order valence-corrected chi connectivity index (χ1v) is 11.5. The third-order valence-electron chi connectivity index (χ3n) is 5.66. The molecular weight excluding hydrogens is 417 g/mol. The number of hydrogen-bond donors (Lipinski definition) is 0. The van der Waals surface area contributed by atoms with Crippen LogP contribution in [0.5, 0.6) is 0 Å². The van der Waals surface area contributed by atoms with Crippen molar-refractivity contribution in [2.75, 3.05) is 31.7 Å². The first kappa shape index (κ1) is 21.2. The predicted octanol–water partition coefficient (Wildman–Crippen LogP) is 3.94. The Morgan fingerprint density at radius 2 is 2.00 bits per heavy atom. The lowest BCUT2D eigenvalue weighted by Gasteiger charge is -2.35. The zero-order valence-corrected chi connectivity index (χ0v) is 17.9. The average Bonchev–Trinajstić information content (AvgIpc) is 2.79. The highest BCUT2D eigenvalue weighted by atomic mass is 32.2. The van der Waals surface area contributed by atoms with Crippen molar-refractivity contribution in [3.05, 3.63) is 60.0 Å². The Morgan fingerprint density at radius 3 is 2.71 bits per heavy atom. The van der Waals surface area contributed by atoms with Crippen molar-refractivity contribution in [2.45, 2.75) is 22.6 Å². The summed E-state index contributed by atoms with van der Waals surface area (Å²) in [6, 6.07) is 12.1. The fraction of sp³-hybridized carbons (Fsp3) is 0.304. The molecule has 0 saturated carbocycles. The average molecular weight is 440 g/mol. The number of methoxy groups -OCH3 is 1. The second-order valence-electron chi connectivity index (χ2n) is 7.66. The second-order valence-corrected chi connectivity index (χ2v) is 9.58. The van der Waals surface area contributed by atoms with Gasteiger partial charge < -0.3 is 9.64 Å². The van der Waals surface area contributed by atoms with Gasteiger partial charge in [-0.2, -0.15) is 5.26 Å². The Balaban J connectivity index is 1.88.